The first-order valence-electron chi connectivity index (χ1n) is 7.43. The quantitative estimate of drug-likeness (QED) is 0.445. The van der Waals surface area contributed by atoms with Crippen LogP contribution in [0.15, 0.2) is 18.2 Å². The SMILES string of the molecule is COCCOc1cc(N2CCN(C(C)=O)CC2)ccc1[N+](=O)[O-]. The number of amides is 1. The number of carbonyl (C=O) groups is 1. The third kappa shape index (κ3) is 4.32. The molecule has 1 heterocycles. The zero-order valence-electron chi connectivity index (χ0n) is 13.4. The minimum atomic E-state index is -0.459. The van der Waals surface area contributed by atoms with Crippen molar-refractivity contribution in [3.05, 3.63) is 28.3 Å². The summed E-state index contributed by atoms with van der Waals surface area (Å²) in [6, 6.07) is 4.84. The number of anilines is 1. The van der Waals surface area contributed by atoms with Gasteiger partial charge in [-0.2, -0.15) is 0 Å². The normalized spacial score (nSPS) is 14.7. The van der Waals surface area contributed by atoms with Crippen LogP contribution >= 0.6 is 0 Å². The number of hydrogen-bond acceptors (Lipinski definition) is 6. The predicted octanol–water partition coefficient (Wildman–Crippen LogP) is 1.29. The van der Waals surface area contributed by atoms with Crippen LogP contribution in [0, 0.1) is 10.1 Å². The van der Waals surface area contributed by atoms with Crippen molar-refractivity contribution < 1.29 is 19.2 Å². The van der Waals surface area contributed by atoms with Gasteiger partial charge in [0.2, 0.25) is 5.91 Å². The van der Waals surface area contributed by atoms with E-state index < -0.39 is 4.92 Å². The molecule has 1 aromatic carbocycles. The summed E-state index contributed by atoms with van der Waals surface area (Å²) in [5.74, 6) is 0.301. The van der Waals surface area contributed by atoms with Gasteiger partial charge in [-0.1, -0.05) is 0 Å². The van der Waals surface area contributed by atoms with E-state index in [4.69, 9.17) is 9.47 Å². The lowest BCUT2D eigenvalue weighted by molar-refractivity contribution is -0.385. The van der Waals surface area contributed by atoms with E-state index in [1.165, 1.54) is 6.07 Å². The molecule has 1 aromatic rings. The van der Waals surface area contributed by atoms with Crippen LogP contribution in [0.3, 0.4) is 0 Å². The van der Waals surface area contributed by atoms with Crippen LogP contribution in [0.1, 0.15) is 6.92 Å². The molecule has 1 saturated heterocycles. The summed E-state index contributed by atoms with van der Waals surface area (Å²) in [4.78, 5) is 25.9. The molecule has 0 aromatic heterocycles. The monoisotopic (exact) mass is 323 g/mol. The molecule has 1 aliphatic heterocycles. The zero-order chi connectivity index (χ0) is 16.8. The standard InChI is InChI=1S/C15H21N3O5/c1-12(19)16-5-7-17(8-6-16)13-3-4-14(18(20)21)15(11-13)23-10-9-22-2/h3-4,11H,5-10H2,1-2H3. The van der Waals surface area contributed by atoms with Gasteiger partial charge in [0.05, 0.1) is 11.5 Å². The molecule has 0 N–H and O–H groups in total. The van der Waals surface area contributed by atoms with Gasteiger partial charge in [-0.25, -0.2) is 0 Å². The van der Waals surface area contributed by atoms with Gasteiger partial charge in [0.15, 0.2) is 5.75 Å². The van der Waals surface area contributed by atoms with Gasteiger partial charge in [-0.05, 0) is 6.07 Å². The maximum absolute atomic E-state index is 11.4. The van der Waals surface area contributed by atoms with Gasteiger partial charge in [0, 0.05) is 58.0 Å². The molecular formula is C15H21N3O5. The van der Waals surface area contributed by atoms with E-state index in [1.807, 2.05) is 0 Å². The van der Waals surface area contributed by atoms with Crippen LogP contribution in [0.2, 0.25) is 0 Å². The molecule has 0 radical (unpaired) electrons. The highest BCUT2D eigenvalue weighted by Crippen LogP contribution is 2.32. The lowest BCUT2D eigenvalue weighted by Gasteiger charge is -2.35. The highest BCUT2D eigenvalue weighted by atomic mass is 16.6. The third-order valence-corrected chi connectivity index (χ3v) is 3.78. The Balaban J connectivity index is 2.12. The number of hydrogen-bond donors (Lipinski definition) is 0. The molecule has 1 amide bonds. The Bertz CT molecular complexity index is 570. The van der Waals surface area contributed by atoms with Crippen molar-refractivity contribution in [3.63, 3.8) is 0 Å². The van der Waals surface area contributed by atoms with Gasteiger partial charge in [0.25, 0.3) is 0 Å². The van der Waals surface area contributed by atoms with Crippen LogP contribution in [-0.2, 0) is 9.53 Å². The van der Waals surface area contributed by atoms with E-state index in [0.717, 1.165) is 5.69 Å². The number of carbonyl (C=O) groups excluding carboxylic acids is 1. The van der Waals surface area contributed by atoms with E-state index in [1.54, 1.807) is 31.1 Å². The minimum Gasteiger partial charge on any atom is -0.484 e. The Labute approximate surface area is 134 Å². The van der Waals surface area contributed by atoms with Gasteiger partial charge in [-0.15, -0.1) is 0 Å². The average molecular weight is 323 g/mol. The number of nitro groups is 1. The van der Waals surface area contributed by atoms with Crippen molar-refractivity contribution in [1.82, 2.24) is 4.90 Å². The molecule has 1 fully saturated rings. The topological polar surface area (TPSA) is 85.2 Å². The summed E-state index contributed by atoms with van der Waals surface area (Å²) in [5, 5.41) is 11.1. The first-order valence-corrected chi connectivity index (χ1v) is 7.43. The maximum Gasteiger partial charge on any atom is 0.311 e. The number of rotatable bonds is 6. The van der Waals surface area contributed by atoms with Gasteiger partial charge in [-0.3, -0.25) is 14.9 Å². The maximum atomic E-state index is 11.4. The number of nitrogens with zero attached hydrogens (tertiary/aromatic N) is 3. The molecular weight excluding hydrogens is 302 g/mol. The molecule has 1 aliphatic rings. The van der Waals surface area contributed by atoms with E-state index in [9.17, 15) is 14.9 Å². The molecule has 2 rings (SSSR count). The first kappa shape index (κ1) is 17.0. The van der Waals surface area contributed by atoms with E-state index in [2.05, 4.69) is 4.90 Å². The molecule has 23 heavy (non-hydrogen) atoms. The van der Waals surface area contributed by atoms with E-state index in [-0.39, 0.29) is 24.0 Å². The van der Waals surface area contributed by atoms with E-state index >= 15 is 0 Å². The summed E-state index contributed by atoms with van der Waals surface area (Å²) in [7, 11) is 1.54. The Morgan fingerprint density at radius 2 is 1.96 bits per heavy atom. The Kier molecular flexibility index (Phi) is 5.75. The Hall–Kier alpha value is -2.35. The molecule has 8 heteroatoms. The van der Waals surface area contributed by atoms with Crippen molar-refractivity contribution in [2.75, 3.05) is 51.4 Å². The smallest absolute Gasteiger partial charge is 0.311 e. The predicted molar refractivity (Wildman–Crippen MR) is 84.9 cm³/mol. The molecule has 0 unspecified atom stereocenters. The van der Waals surface area contributed by atoms with Crippen molar-refractivity contribution in [3.8, 4) is 5.75 Å². The number of methoxy groups -OCH3 is 1. The van der Waals surface area contributed by atoms with Crippen molar-refractivity contribution in [2.45, 2.75) is 6.92 Å². The van der Waals surface area contributed by atoms with Crippen LogP contribution in [0.4, 0.5) is 11.4 Å². The average Bonchev–Trinajstić information content (AvgIpc) is 2.55. The van der Waals surface area contributed by atoms with Crippen LogP contribution in [-0.4, -0.2) is 62.2 Å². The fraction of sp³-hybridized carbons (Fsp3) is 0.533. The fourth-order valence-electron chi connectivity index (χ4n) is 2.48. The van der Waals surface area contributed by atoms with Crippen molar-refractivity contribution in [2.24, 2.45) is 0 Å². The summed E-state index contributed by atoms with van der Waals surface area (Å²) >= 11 is 0. The molecule has 0 spiro atoms. The summed E-state index contributed by atoms with van der Waals surface area (Å²) in [5.41, 5.74) is 0.790. The number of ether oxygens (including phenoxy) is 2. The summed E-state index contributed by atoms with van der Waals surface area (Å²) in [6.07, 6.45) is 0. The van der Waals surface area contributed by atoms with Crippen LogP contribution in [0.5, 0.6) is 5.75 Å². The molecule has 0 aliphatic carbocycles. The van der Waals surface area contributed by atoms with E-state index in [0.29, 0.717) is 32.8 Å². The molecule has 126 valence electrons. The largest absolute Gasteiger partial charge is 0.484 e. The van der Waals surface area contributed by atoms with Gasteiger partial charge >= 0.3 is 5.69 Å². The molecule has 0 bridgehead atoms. The minimum absolute atomic E-state index is 0.0628. The molecule has 0 saturated carbocycles. The Morgan fingerprint density at radius 1 is 1.26 bits per heavy atom. The second-order valence-corrected chi connectivity index (χ2v) is 5.24. The van der Waals surface area contributed by atoms with Crippen molar-refractivity contribution in [1.29, 1.82) is 0 Å². The van der Waals surface area contributed by atoms with Crippen molar-refractivity contribution >= 4 is 17.3 Å². The molecule has 8 nitrogen and oxygen atoms in total. The highest BCUT2D eigenvalue weighted by Gasteiger charge is 2.22. The number of nitro benzene ring substituents is 1. The summed E-state index contributed by atoms with van der Waals surface area (Å²) < 4.78 is 10.4. The number of piperazine rings is 1. The highest BCUT2D eigenvalue weighted by molar-refractivity contribution is 5.73. The summed E-state index contributed by atoms with van der Waals surface area (Å²) in [6.45, 7) is 4.84. The van der Waals surface area contributed by atoms with Gasteiger partial charge in [0.1, 0.15) is 6.61 Å². The number of benzene rings is 1. The lowest BCUT2D eigenvalue weighted by Crippen LogP contribution is -2.48. The van der Waals surface area contributed by atoms with Crippen LogP contribution in [0.25, 0.3) is 0 Å². The second kappa shape index (κ2) is 7.77. The second-order valence-electron chi connectivity index (χ2n) is 5.24. The van der Waals surface area contributed by atoms with Gasteiger partial charge < -0.3 is 19.3 Å². The lowest BCUT2D eigenvalue weighted by atomic mass is 10.2. The fourth-order valence-corrected chi connectivity index (χ4v) is 2.48. The zero-order valence-corrected chi connectivity index (χ0v) is 13.4. The van der Waals surface area contributed by atoms with Crippen LogP contribution < -0.4 is 9.64 Å². The Morgan fingerprint density at radius 3 is 2.52 bits per heavy atom. The molecule has 0 atom stereocenters. The third-order valence-electron chi connectivity index (χ3n) is 3.78. The first-order chi connectivity index (χ1) is 11.0.